The molecule has 1 atom stereocenters. The minimum Gasteiger partial charge on any atom is -0.353 e. The van der Waals surface area contributed by atoms with Crippen molar-refractivity contribution in [2.75, 3.05) is 18.0 Å². The van der Waals surface area contributed by atoms with Gasteiger partial charge in [0.15, 0.2) is 11.5 Å². The van der Waals surface area contributed by atoms with Crippen LogP contribution in [0.25, 0.3) is 11.2 Å². The van der Waals surface area contributed by atoms with Gasteiger partial charge in [0.2, 0.25) is 5.91 Å². The van der Waals surface area contributed by atoms with Gasteiger partial charge in [-0.2, -0.15) is 0 Å². The predicted molar refractivity (Wildman–Crippen MR) is 129 cm³/mol. The van der Waals surface area contributed by atoms with Gasteiger partial charge >= 0.3 is 0 Å². The van der Waals surface area contributed by atoms with Gasteiger partial charge in [-0.3, -0.25) is 14.2 Å². The number of hydrogen-bond acceptors (Lipinski definition) is 5. The monoisotopic (exact) mass is 445 g/mol. The summed E-state index contributed by atoms with van der Waals surface area (Å²) in [4.78, 5) is 37.7. The molecule has 1 aromatic carbocycles. The van der Waals surface area contributed by atoms with Crippen molar-refractivity contribution in [3.8, 4) is 0 Å². The van der Waals surface area contributed by atoms with Crippen molar-refractivity contribution in [2.24, 2.45) is 5.92 Å². The Kier molecular flexibility index (Phi) is 6.11. The normalized spacial score (nSPS) is 19.2. The van der Waals surface area contributed by atoms with Gasteiger partial charge in [0.05, 0.1) is 12.5 Å². The Labute approximate surface area is 193 Å². The van der Waals surface area contributed by atoms with Gasteiger partial charge in [0.1, 0.15) is 5.52 Å². The Bertz CT molecular complexity index is 1200. The molecule has 1 N–H and O–H groups in total. The zero-order chi connectivity index (χ0) is 22.8. The molecule has 7 nitrogen and oxygen atoms in total. The number of carbonyl (C=O) groups is 1. The number of aryl methyl sites for hydroxylation is 1. The van der Waals surface area contributed by atoms with Crippen LogP contribution in [0, 0.1) is 12.8 Å². The van der Waals surface area contributed by atoms with Crippen LogP contribution in [0.3, 0.4) is 0 Å². The maximum Gasteiger partial charge on any atom is 0.295 e. The van der Waals surface area contributed by atoms with E-state index < -0.39 is 0 Å². The summed E-state index contributed by atoms with van der Waals surface area (Å²) < 4.78 is 1.71. The Hall–Kier alpha value is -3.22. The van der Waals surface area contributed by atoms with Crippen molar-refractivity contribution in [3.63, 3.8) is 0 Å². The molecule has 7 heteroatoms. The summed E-state index contributed by atoms with van der Waals surface area (Å²) in [6, 6.07) is 12.2. The van der Waals surface area contributed by atoms with E-state index in [2.05, 4.69) is 22.4 Å². The van der Waals surface area contributed by atoms with Gasteiger partial charge in [-0.25, -0.2) is 9.97 Å². The molecular formula is C26H31N5O2. The van der Waals surface area contributed by atoms with Crippen LogP contribution in [0.5, 0.6) is 0 Å². The summed E-state index contributed by atoms with van der Waals surface area (Å²) in [5.41, 5.74) is 3.34. The number of pyridine rings is 1. The standard InChI is InChI=1S/C26H31N5O2/c1-18-10-12-19(13-11-18)16-31-23-22(9-4-14-27-23)29-24(26(31)33)30-15-5-6-20(17-30)25(32)28-21-7-2-3-8-21/h4,9-14,20-21H,2-3,5-8,15-17H2,1H3,(H,28,32). The van der Waals surface area contributed by atoms with E-state index in [9.17, 15) is 9.59 Å². The van der Waals surface area contributed by atoms with E-state index in [0.717, 1.165) is 37.8 Å². The van der Waals surface area contributed by atoms with Crippen LogP contribution >= 0.6 is 0 Å². The molecule has 2 aromatic heterocycles. The highest BCUT2D eigenvalue weighted by Gasteiger charge is 2.30. The van der Waals surface area contributed by atoms with Crippen LogP contribution in [-0.2, 0) is 11.3 Å². The average Bonchev–Trinajstić information content (AvgIpc) is 3.35. The minimum atomic E-state index is -0.154. The largest absolute Gasteiger partial charge is 0.353 e. The summed E-state index contributed by atoms with van der Waals surface area (Å²) in [7, 11) is 0. The number of amides is 1. The molecule has 2 aliphatic rings. The smallest absolute Gasteiger partial charge is 0.295 e. The number of rotatable bonds is 5. The lowest BCUT2D eigenvalue weighted by atomic mass is 9.96. The molecule has 1 aliphatic carbocycles. The first-order valence-corrected chi connectivity index (χ1v) is 12.0. The average molecular weight is 446 g/mol. The molecule has 172 valence electrons. The minimum absolute atomic E-state index is 0.115. The fourth-order valence-electron chi connectivity index (χ4n) is 5.06. The van der Waals surface area contributed by atoms with E-state index in [1.807, 2.05) is 36.1 Å². The van der Waals surface area contributed by atoms with Crippen LogP contribution in [0.15, 0.2) is 47.4 Å². The zero-order valence-electron chi connectivity index (χ0n) is 19.2. The van der Waals surface area contributed by atoms with E-state index in [1.165, 1.54) is 18.4 Å². The molecule has 0 bridgehead atoms. The second-order valence-corrected chi connectivity index (χ2v) is 9.43. The maximum absolute atomic E-state index is 13.6. The van der Waals surface area contributed by atoms with Gasteiger partial charge in [-0.05, 0) is 50.3 Å². The SMILES string of the molecule is Cc1ccc(Cn2c(=O)c(N3CCCC(C(=O)NC4CCCC4)C3)nc3cccnc32)cc1. The zero-order valence-corrected chi connectivity index (χ0v) is 19.2. The Balaban J connectivity index is 1.44. The van der Waals surface area contributed by atoms with E-state index in [-0.39, 0.29) is 17.4 Å². The Morgan fingerprint density at radius 2 is 1.88 bits per heavy atom. The highest BCUT2D eigenvalue weighted by Crippen LogP contribution is 2.23. The molecule has 3 aromatic rings. The number of piperidine rings is 1. The molecular weight excluding hydrogens is 414 g/mol. The number of fused-ring (bicyclic) bond motifs is 1. The topological polar surface area (TPSA) is 80.1 Å². The molecule has 1 saturated carbocycles. The van der Waals surface area contributed by atoms with Crippen LogP contribution in [-0.4, -0.2) is 39.6 Å². The molecule has 1 aliphatic heterocycles. The molecule has 0 spiro atoms. The van der Waals surface area contributed by atoms with Crippen molar-refractivity contribution in [1.29, 1.82) is 0 Å². The summed E-state index contributed by atoms with van der Waals surface area (Å²) >= 11 is 0. The fourth-order valence-corrected chi connectivity index (χ4v) is 5.06. The quantitative estimate of drug-likeness (QED) is 0.651. The molecule has 1 unspecified atom stereocenters. The lowest BCUT2D eigenvalue weighted by molar-refractivity contribution is -0.125. The number of benzene rings is 1. The van der Waals surface area contributed by atoms with Crippen LogP contribution in [0.4, 0.5) is 5.82 Å². The molecule has 33 heavy (non-hydrogen) atoms. The molecule has 2 fully saturated rings. The van der Waals surface area contributed by atoms with Gasteiger partial charge in [0.25, 0.3) is 5.56 Å². The number of hydrogen-bond donors (Lipinski definition) is 1. The van der Waals surface area contributed by atoms with Crippen molar-refractivity contribution in [2.45, 2.75) is 58.0 Å². The summed E-state index contributed by atoms with van der Waals surface area (Å²) in [6.07, 6.45) is 7.94. The number of carbonyl (C=O) groups excluding carboxylic acids is 1. The van der Waals surface area contributed by atoms with Gasteiger partial charge in [0, 0.05) is 25.3 Å². The Morgan fingerprint density at radius 1 is 1.09 bits per heavy atom. The molecule has 3 heterocycles. The van der Waals surface area contributed by atoms with E-state index in [0.29, 0.717) is 36.1 Å². The van der Waals surface area contributed by atoms with E-state index >= 15 is 0 Å². The fraction of sp³-hybridized carbons (Fsp3) is 0.462. The molecule has 0 radical (unpaired) electrons. The first kappa shape index (κ1) is 21.6. The second kappa shape index (κ2) is 9.33. The second-order valence-electron chi connectivity index (χ2n) is 9.43. The van der Waals surface area contributed by atoms with Crippen molar-refractivity contribution in [1.82, 2.24) is 19.9 Å². The van der Waals surface area contributed by atoms with Gasteiger partial charge in [-0.15, -0.1) is 0 Å². The third-order valence-corrected chi connectivity index (χ3v) is 6.94. The lowest BCUT2D eigenvalue weighted by Crippen LogP contribution is -2.47. The first-order valence-electron chi connectivity index (χ1n) is 12.0. The van der Waals surface area contributed by atoms with Crippen LogP contribution < -0.4 is 15.8 Å². The third kappa shape index (κ3) is 4.63. The summed E-state index contributed by atoms with van der Waals surface area (Å²) in [6.45, 7) is 3.73. The highest BCUT2D eigenvalue weighted by molar-refractivity contribution is 5.80. The lowest BCUT2D eigenvalue weighted by Gasteiger charge is -2.33. The van der Waals surface area contributed by atoms with Gasteiger partial charge in [-0.1, -0.05) is 42.7 Å². The van der Waals surface area contributed by atoms with Gasteiger partial charge < -0.3 is 10.2 Å². The summed E-state index contributed by atoms with van der Waals surface area (Å²) in [5, 5.41) is 3.23. The van der Waals surface area contributed by atoms with Crippen LogP contribution in [0.1, 0.15) is 49.7 Å². The molecule has 1 saturated heterocycles. The van der Waals surface area contributed by atoms with Crippen molar-refractivity contribution >= 4 is 22.9 Å². The first-order chi connectivity index (χ1) is 16.1. The highest BCUT2D eigenvalue weighted by atomic mass is 16.2. The van der Waals surface area contributed by atoms with E-state index in [4.69, 9.17) is 4.98 Å². The van der Waals surface area contributed by atoms with Crippen molar-refractivity contribution < 1.29 is 4.79 Å². The molecule has 1 amide bonds. The third-order valence-electron chi connectivity index (χ3n) is 6.94. The molecule has 5 rings (SSSR count). The number of nitrogens with zero attached hydrogens (tertiary/aromatic N) is 4. The predicted octanol–water partition coefficient (Wildman–Crippen LogP) is 3.42. The number of nitrogens with one attached hydrogen (secondary N) is 1. The van der Waals surface area contributed by atoms with Crippen LogP contribution in [0.2, 0.25) is 0 Å². The maximum atomic E-state index is 13.6. The number of anilines is 1. The van der Waals surface area contributed by atoms with E-state index in [1.54, 1.807) is 10.8 Å². The Morgan fingerprint density at radius 3 is 2.67 bits per heavy atom. The van der Waals surface area contributed by atoms with Crippen molar-refractivity contribution in [3.05, 3.63) is 64.1 Å². The summed E-state index contributed by atoms with van der Waals surface area (Å²) in [5.74, 6) is 0.422. The number of aromatic nitrogens is 3.